The largest absolute Gasteiger partial charge is 0.384 e. The maximum Gasteiger partial charge on any atom is 0.185 e. The lowest BCUT2D eigenvalue weighted by molar-refractivity contribution is 0.798. The smallest absolute Gasteiger partial charge is 0.185 e. The maximum atomic E-state index is 5.75. The summed E-state index contributed by atoms with van der Waals surface area (Å²) >= 11 is 1.69. The second-order valence-electron chi connectivity index (χ2n) is 5.45. The molecule has 0 amide bonds. The summed E-state index contributed by atoms with van der Waals surface area (Å²) in [5, 5.41) is 4.06. The van der Waals surface area contributed by atoms with Gasteiger partial charge in [-0.25, -0.2) is 19.9 Å². The molecule has 118 valence electrons. The van der Waals surface area contributed by atoms with E-state index >= 15 is 0 Å². The molecule has 4 heterocycles. The fourth-order valence-corrected chi connectivity index (χ4v) is 3.59. The number of rotatable bonds is 2. The van der Waals surface area contributed by atoms with Gasteiger partial charge in [0.25, 0.3) is 0 Å². The van der Waals surface area contributed by atoms with Crippen LogP contribution in [-0.2, 0) is 0 Å². The number of nitrogens with two attached hydrogens (primary N) is 1. The number of aromatic nitrogens is 4. The molecule has 1 aliphatic rings. The highest BCUT2D eigenvalue weighted by Gasteiger charge is 2.19. The quantitative estimate of drug-likeness (QED) is 0.768. The summed E-state index contributed by atoms with van der Waals surface area (Å²) in [5.74, 6) is 1.41. The van der Waals surface area contributed by atoms with Crippen LogP contribution in [0.15, 0.2) is 30.0 Å². The standard InChI is InChI=1S/C15H17N7S/c16-12-3-2-11-13(20-12)18-10-19-14(11)21-5-1-6-22(8-7-21)15-17-4-9-23-15/h2-4,9-10H,1,5-8H2,(H2,16,18,19,20). The van der Waals surface area contributed by atoms with Gasteiger partial charge in [0.2, 0.25) is 0 Å². The molecule has 1 saturated heterocycles. The molecule has 8 heteroatoms. The monoisotopic (exact) mass is 327 g/mol. The van der Waals surface area contributed by atoms with Crippen LogP contribution in [0.1, 0.15) is 6.42 Å². The molecule has 0 aromatic carbocycles. The van der Waals surface area contributed by atoms with Crippen LogP contribution in [0.3, 0.4) is 0 Å². The average molecular weight is 327 g/mol. The Bertz CT molecular complexity index is 805. The molecule has 23 heavy (non-hydrogen) atoms. The van der Waals surface area contributed by atoms with Gasteiger partial charge in [-0.1, -0.05) is 0 Å². The highest BCUT2D eigenvalue weighted by molar-refractivity contribution is 7.13. The van der Waals surface area contributed by atoms with E-state index in [0.29, 0.717) is 11.5 Å². The Hall–Kier alpha value is -2.48. The SMILES string of the molecule is Nc1ccc2c(N3CCCN(c4nccs4)CC3)ncnc2n1. The van der Waals surface area contributed by atoms with Crippen molar-refractivity contribution in [2.24, 2.45) is 0 Å². The van der Waals surface area contributed by atoms with Gasteiger partial charge in [0, 0.05) is 37.8 Å². The van der Waals surface area contributed by atoms with Crippen molar-refractivity contribution in [1.82, 2.24) is 19.9 Å². The number of thiazole rings is 1. The normalized spacial score (nSPS) is 15.8. The Morgan fingerprint density at radius 1 is 1.00 bits per heavy atom. The summed E-state index contributed by atoms with van der Waals surface area (Å²) in [4.78, 5) is 22.1. The van der Waals surface area contributed by atoms with Crippen LogP contribution >= 0.6 is 11.3 Å². The van der Waals surface area contributed by atoms with Crippen LogP contribution < -0.4 is 15.5 Å². The fourth-order valence-electron chi connectivity index (χ4n) is 2.89. The first-order valence-corrected chi connectivity index (χ1v) is 8.46. The Morgan fingerprint density at radius 2 is 1.87 bits per heavy atom. The molecule has 7 nitrogen and oxygen atoms in total. The minimum Gasteiger partial charge on any atom is -0.384 e. The lowest BCUT2D eigenvalue weighted by Crippen LogP contribution is -2.31. The van der Waals surface area contributed by atoms with Gasteiger partial charge in [-0.2, -0.15) is 0 Å². The van der Waals surface area contributed by atoms with Gasteiger partial charge < -0.3 is 15.5 Å². The zero-order valence-corrected chi connectivity index (χ0v) is 13.4. The summed E-state index contributed by atoms with van der Waals surface area (Å²) in [6.07, 6.45) is 4.48. The molecular formula is C15H17N7S. The van der Waals surface area contributed by atoms with Crippen molar-refractivity contribution in [1.29, 1.82) is 0 Å². The third-order valence-electron chi connectivity index (χ3n) is 3.98. The molecule has 0 unspecified atom stereocenters. The van der Waals surface area contributed by atoms with Crippen molar-refractivity contribution >= 4 is 39.1 Å². The van der Waals surface area contributed by atoms with Gasteiger partial charge >= 0.3 is 0 Å². The molecule has 1 aliphatic heterocycles. The van der Waals surface area contributed by atoms with E-state index in [2.05, 4.69) is 29.7 Å². The van der Waals surface area contributed by atoms with E-state index in [1.54, 1.807) is 23.7 Å². The Labute approximate surface area is 137 Å². The maximum absolute atomic E-state index is 5.75. The Balaban J connectivity index is 1.61. The number of fused-ring (bicyclic) bond motifs is 1. The van der Waals surface area contributed by atoms with Crippen molar-refractivity contribution < 1.29 is 0 Å². The van der Waals surface area contributed by atoms with E-state index in [-0.39, 0.29) is 0 Å². The van der Waals surface area contributed by atoms with Gasteiger partial charge in [-0.3, -0.25) is 0 Å². The molecular weight excluding hydrogens is 310 g/mol. The van der Waals surface area contributed by atoms with Gasteiger partial charge in [-0.15, -0.1) is 11.3 Å². The predicted molar refractivity (Wildman–Crippen MR) is 92.9 cm³/mol. The number of hydrogen-bond donors (Lipinski definition) is 1. The molecule has 0 aliphatic carbocycles. The molecule has 0 atom stereocenters. The summed E-state index contributed by atoms with van der Waals surface area (Å²) in [6, 6.07) is 3.76. The molecule has 0 bridgehead atoms. The number of nitrogens with zero attached hydrogens (tertiary/aromatic N) is 6. The zero-order valence-electron chi connectivity index (χ0n) is 12.6. The average Bonchev–Trinajstić information content (AvgIpc) is 2.99. The van der Waals surface area contributed by atoms with Crippen LogP contribution in [0.5, 0.6) is 0 Å². The number of nitrogen functional groups attached to an aromatic ring is 1. The van der Waals surface area contributed by atoms with Crippen molar-refractivity contribution in [3.8, 4) is 0 Å². The van der Waals surface area contributed by atoms with Gasteiger partial charge in [0.15, 0.2) is 10.8 Å². The van der Waals surface area contributed by atoms with E-state index in [4.69, 9.17) is 5.73 Å². The van der Waals surface area contributed by atoms with Crippen molar-refractivity contribution in [2.75, 3.05) is 41.7 Å². The van der Waals surface area contributed by atoms with E-state index in [9.17, 15) is 0 Å². The minimum atomic E-state index is 0.480. The third-order valence-corrected chi connectivity index (χ3v) is 4.82. The predicted octanol–water partition coefficient (Wildman–Crippen LogP) is 1.78. The van der Waals surface area contributed by atoms with Gasteiger partial charge in [-0.05, 0) is 18.6 Å². The zero-order chi connectivity index (χ0) is 15.6. The first-order valence-electron chi connectivity index (χ1n) is 7.58. The van der Waals surface area contributed by atoms with Crippen LogP contribution in [-0.4, -0.2) is 46.1 Å². The van der Waals surface area contributed by atoms with Crippen molar-refractivity contribution in [3.63, 3.8) is 0 Å². The molecule has 0 spiro atoms. The second-order valence-corrected chi connectivity index (χ2v) is 6.32. The van der Waals surface area contributed by atoms with Crippen LogP contribution in [0, 0.1) is 0 Å². The lowest BCUT2D eigenvalue weighted by atomic mass is 10.2. The molecule has 3 aromatic rings. The van der Waals surface area contributed by atoms with Gasteiger partial charge in [0.05, 0.1) is 5.39 Å². The summed E-state index contributed by atoms with van der Waals surface area (Å²) in [5.41, 5.74) is 6.40. The topological polar surface area (TPSA) is 84.1 Å². The highest BCUT2D eigenvalue weighted by atomic mass is 32.1. The Morgan fingerprint density at radius 3 is 2.74 bits per heavy atom. The molecule has 1 fully saturated rings. The molecule has 3 aromatic heterocycles. The summed E-state index contributed by atoms with van der Waals surface area (Å²) < 4.78 is 0. The first kappa shape index (κ1) is 14.1. The molecule has 0 saturated carbocycles. The van der Waals surface area contributed by atoms with Crippen molar-refractivity contribution in [2.45, 2.75) is 6.42 Å². The summed E-state index contributed by atoms with van der Waals surface area (Å²) in [7, 11) is 0. The van der Waals surface area contributed by atoms with E-state index in [1.165, 1.54) is 0 Å². The van der Waals surface area contributed by atoms with E-state index in [1.807, 2.05) is 17.6 Å². The fraction of sp³-hybridized carbons (Fsp3) is 0.333. The minimum absolute atomic E-state index is 0.480. The highest BCUT2D eigenvalue weighted by Crippen LogP contribution is 2.25. The van der Waals surface area contributed by atoms with E-state index < -0.39 is 0 Å². The number of hydrogen-bond acceptors (Lipinski definition) is 8. The molecule has 4 rings (SSSR count). The summed E-state index contributed by atoms with van der Waals surface area (Å²) in [6.45, 7) is 3.80. The van der Waals surface area contributed by atoms with Crippen LogP contribution in [0.2, 0.25) is 0 Å². The van der Waals surface area contributed by atoms with Crippen molar-refractivity contribution in [3.05, 3.63) is 30.0 Å². The Kier molecular flexibility index (Phi) is 3.66. The second kappa shape index (κ2) is 5.96. The van der Waals surface area contributed by atoms with E-state index in [0.717, 1.165) is 48.9 Å². The third kappa shape index (κ3) is 2.77. The molecule has 2 N–H and O–H groups in total. The lowest BCUT2D eigenvalue weighted by Gasteiger charge is -2.23. The molecule has 0 radical (unpaired) electrons. The number of pyridine rings is 1. The van der Waals surface area contributed by atoms with Gasteiger partial charge in [0.1, 0.15) is 18.0 Å². The van der Waals surface area contributed by atoms with Crippen LogP contribution in [0.4, 0.5) is 16.8 Å². The first-order chi connectivity index (χ1) is 11.3. The number of anilines is 3. The van der Waals surface area contributed by atoms with Crippen LogP contribution in [0.25, 0.3) is 11.0 Å².